The molecule has 0 spiro atoms. The van der Waals surface area contributed by atoms with Crippen LogP contribution in [-0.2, 0) is 4.74 Å². The number of nitrogens with two attached hydrogens (primary N) is 1. The van der Waals surface area contributed by atoms with Crippen molar-refractivity contribution in [2.24, 2.45) is 5.73 Å². The van der Waals surface area contributed by atoms with Crippen LogP contribution < -0.4 is 10.6 Å². The van der Waals surface area contributed by atoms with E-state index in [0.29, 0.717) is 5.92 Å². The molecule has 0 aliphatic carbocycles. The number of aromatic nitrogens is 3. The maximum absolute atomic E-state index is 5.89. The van der Waals surface area contributed by atoms with E-state index in [0.717, 1.165) is 57.3 Å². The molecule has 1 aromatic rings. The van der Waals surface area contributed by atoms with E-state index in [1.807, 2.05) is 0 Å². The number of anilines is 1. The van der Waals surface area contributed by atoms with Crippen LogP contribution in [0.25, 0.3) is 0 Å². The molecule has 94 valence electrons. The van der Waals surface area contributed by atoms with Crippen molar-refractivity contribution in [1.29, 1.82) is 0 Å². The van der Waals surface area contributed by atoms with Gasteiger partial charge in [-0.1, -0.05) is 0 Å². The maximum atomic E-state index is 5.89. The summed E-state index contributed by atoms with van der Waals surface area (Å²) in [5, 5.41) is 7.37. The largest absolute Gasteiger partial charge is 0.381 e. The van der Waals surface area contributed by atoms with Crippen molar-refractivity contribution in [3.05, 3.63) is 5.82 Å². The third-order valence-corrected chi connectivity index (χ3v) is 3.61. The lowest BCUT2D eigenvalue weighted by atomic mass is 10.00. The Morgan fingerprint density at radius 2 is 2.12 bits per heavy atom. The summed E-state index contributed by atoms with van der Waals surface area (Å²) in [4.78, 5) is 6.76. The smallest absolute Gasteiger partial charge is 0.244 e. The van der Waals surface area contributed by atoms with Crippen LogP contribution in [0.3, 0.4) is 0 Å². The van der Waals surface area contributed by atoms with Crippen molar-refractivity contribution in [3.63, 3.8) is 0 Å². The molecule has 3 heterocycles. The van der Waals surface area contributed by atoms with Crippen LogP contribution in [-0.4, -0.2) is 47.5 Å². The Bertz CT molecular complexity index is 354. The highest BCUT2D eigenvalue weighted by molar-refractivity contribution is 5.31. The molecule has 0 aromatic carbocycles. The van der Waals surface area contributed by atoms with Gasteiger partial charge >= 0.3 is 0 Å². The van der Waals surface area contributed by atoms with Gasteiger partial charge in [-0.05, 0) is 19.3 Å². The third-order valence-electron chi connectivity index (χ3n) is 3.61. The average molecular weight is 237 g/mol. The number of rotatable bonds is 2. The predicted octanol–water partition coefficient (Wildman–Crippen LogP) is 0.236. The molecule has 2 saturated heterocycles. The normalized spacial score (nSPS) is 26.6. The summed E-state index contributed by atoms with van der Waals surface area (Å²) in [6, 6.07) is 0.264. The summed E-state index contributed by atoms with van der Waals surface area (Å²) in [5.74, 6) is 2.28. The van der Waals surface area contributed by atoms with Crippen LogP contribution in [0.1, 0.15) is 31.0 Å². The van der Waals surface area contributed by atoms with Crippen molar-refractivity contribution in [3.8, 4) is 0 Å². The SMILES string of the molecule is NC1CCN(c2n[nH]c(C3CCOCC3)n2)C1. The zero-order valence-corrected chi connectivity index (χ0v) is 9.93. The second kappa shape index (κ2) is 4.62. The number of aromatic amines is 1. The zero-order valence-electron chi connectivity index (χ0n) is 9.93. The van der Waals surface area contributed by atoms with Gasteiger partial charge < -0.3 is 15.4 Å². The Morgan fingerprint density at radius 1 is 1.29 bits per heavy atom. The van der Waals surface area contributed by atoms with Crippen molar-refractivity contribution in [1.82, 2.24) is 15.2 Å². The molecule has 0 bridgehead atoms. The number of nitrogens with zero attached hydrogens (tertiary/aromatic N) is 3. The first kappa shape index (κ1) is 11.0. The fraction of sp³-hybridized carbons (Fsp3) is 0.818. The van der Waals surface area contributed by atoms with Crippen LogP contribution in [0, 0.1) is 0 Å². The van der Waals surface area contributed by atoms with Gasteiger partial charge in [0.1, 0.15) is 5.82 Å². The molecule has 0 radical (unpaired) electrons. The number of H-pyrrole nitrogens is 1. The Balaban J connectivity index is 1.69. The van der Waals surface area contributed by atoms with Gasteiger partial charge in [0.15, 0.2) is 0 Å². The lowest BCUT2D eigenvalue weighted by molar-refractivity contribution is 0.0836. The van der Waals surface area contributed by atoms with E-state index in [1.54, 1.807) is 0 Å². The van der Waals surface area contributed by atoms with E-state index >= 15 is 0 Å². The summed E-state index contributed by atoms with van der Waals surface area (Å²) in [6.45, 7) is 3.49. The quantitative estimate of drug-likeness (QED) is 0.770. The molecule has 2 aliphatic rings. The van der Waals surface area contributed by atoms with Gasteiger partial charge in [-0.2, -0.15) is 4.98 Å². The van der Waals surface area contributed by atoms with Crippen LogP contribution in [0.2, 0.25) is 0 Å². The Morgan fingerprint density at radius 3 is 2.82 bits per heavy atom. The van der Waals surface area contributed by atoms with Crippen LogP contribution in [0.15, 0.2) is 0 Å². The standard InChI is InChI=1S/C11H19N5O/c12-9-1-4-16(7-9)11-13-10(14-15-11)8-2-5-17-6-3-8/h8-9H,1-7,12H2,(H,13,14,15). The number of hydrogen-bond donors (Lipinski definition) is 2. The van der Waals surface area contributed by atoms with Crippen LogP contribution >= 0.6 is 0 Å². The second-order valence-corrected chi connectivity index (χ2v) is 4.90. The summed E-state index contributed by atoms with van der Waals surface area (Å²) in [5.41, 5.74) is 5.89. The van der Waals surface area contributed by atoms with E-state index in [-0.39, 0.29) is 6.04 Å². The topological polar surface area (TPSA) is 80.1 Å². The number of hydrogen-bond acceptors (Lipinski definition) is 5. The van der Waals surface area contributed by atoms with Gasteiger partial charge in [0.2, 0.25) is 5.95 Å². The monoisotopic (exact) mass is 237 g/mol. The molecule has 17 heavy (non-hydrogen) atoms. The lowest BCUT2D eigenvalue weighted by Crippen LogP contribution is -2.27. The highest BCUT2D eigenvalue weighted by atomic mass is 16.5. The fourth-order valence-corrected chi connectivity index (χ4v) is 2.53. The first-order chi connectivity index (χ1) is 8.33. The van der Waals surface area contributed by atoms with E-state index in [4.69, 9.17) is 10.5 Å². The van der Waals surface area contributed by atoms with Gasteiger partial charge in [0.25, 0.3) is 0 Å². The highest BCUT2D eigenvalue weighted by Gasteiger charge is 2.25. The maximum Gasteiger partial charge on any atom is 0.244 e. The minimum absolute atomic E-state index is 0.264. The highest BCUT2D eigenvalue weighted by Crippen LogP contribution is 2.25. The summed E-state index contributed by atoms with van der Waals surface area (Å²) in [7, 11) is 0. The Kier molecular flexibility index (Phi) is 2.98. The molecule has 6 heteroatoms. The van der Waals surface area contributed by atoms with Gasteiger partial charge in [0, 0.05) is 38.3 Å². The third kappa shape index (κ3) is 2.28. The fourth-order valence-electron chi connectivity index (χ4n) is 2.53. The minimum atomic E-state index is 0.264. The first-order valence-electron chi connectivity index (χ1n) is 6.33. The molecule has 1 atom stereocenters. The zero-order chi connectivity index (χ0) is 11.7. The van der Waals surface area contributed by atoms with Crippen molar-refractivity contribution >= 4 is 5.95 Å². The van der Waals surface area contributed by atoms with Gasteiger partial charge in [-0.3, -0.25) is 5.10 Å². The summed E-state index contributed by atoms with van der Waals surface area (Å²) >= 11 is 0. The van der Waals surface area contributed by atoms with Gasteiger partial charge in [0.05, 0.1) is 0 Å². The number of ether oxygens (including phenoxy) is 1. The van der Waals surface area contributed by atoms with E-state index in [9.17, 15) is 0 Å². The van der Waals surface area contributed by atoms with Crippen molar-refractivity contribution in [2.45, 2.75) is 31.2 Å². The van der Waals surface area contributed by atoms with E-state index < -0.39 is 0 Å². The Labute approximate surface area is 101 Å². The molecular formula is C11H19N5O. The molecule has 3 rings (SSSR count). The Hall–Kier alpha value is -1.14. The lowest BCUT2D eigenvalue weighted by Gasteiger charge is -2.19. The van der Waals surface area contributed by atoms with Crippen molar-refractivity contribution < 1.29 is 4.74 Å². The first-order valence-corrected chi connectivity index (χ1v) is 6.33. The average Bonchev–Trinajstić information content (AvgIpc) is 2.98. The van der Waals surface area contributed by atoms with Crippen LogP contribution in [0.5, 0.6) is 0 Å². The van der Waals surface area contributed by atoms with Gasteiger partial charge in [-0.15, -0.1) is 5.10 Å². The number of nitrogens with one attached hydrogen (secondary N) is 1. The summed E-state index contributed by atoms with van der Waals surface area (Å²) in [6.07, 6.45) is 3.10. The molecule has 0 saturated carbocycles. The van der Waals surface area contributed by atoms with E-state index in [2.05, 4.69) is 20.1 Å². The molecule has 1 unspecified atom stereocenters. The molecule has 6 nitrogen and oxygen atoms in total. The molecule has 2 fully saturated rings. The predicted molar refractivity (Wildman–Crippen MR) is 64.0 cm³/mol. The second-order valence-electron chi connectivity index (χ2n) is 4.90. The van der Waals surface area contributed by atoms with Crippen molar-refractivity contribution in [2.75, 3.05) is 31.2 Å². The van der Waals surface area contributed by atoms with Crippen LogP contribution in [0.4, 0.5) is 5.95 Å². The molecule has 2 aliphatic heterocycles. The summed E-state index contributed by atoms with van der Waals surface area (Å²) < 4.78 is 5.35. The molecular weight excluding hydrogens is 218 g/mol. The molecule has 0 amide bonds. The van der Waals surface area contributed by atoms with E-state index in [1.165, 1.54) is 0 Å². The van der Waals surface area contributed by atoms with Gasteiger partial charge in [-0.25, -0.2) is 0 Å². The molecule has 3 N–H and O–H groups in total. The molecule has 1 aromatic heterocycles. The minimum Gasteiger partial charge on any atom is -0.381 e.